The molecule has 2 N–H and O–H groups in total. The third-order valence-electron chi connectivity index (χ3n) is 6.16. The van der Waals surface area contributed by atoms with E-state index in [1.807, 2.05) is 13.8 Å². The van der Waals surface area contributed by atoms with Gasteiger partial charge in [0.25, 0.3) is 0 Å². The second-order valence-electron chi connectivity index (χ2n) is 8.10. The Hall–Kier alpha value is -1.67. The molecule has 5 unspecified atom stereocenters. The van der Waals surface area contributed by atoms with Crippen LogP contribution in [0.4, 0.5) is 0 Å². The van der Waals surface area contributed by atoms with Crippen LogP contribution in [0.15, 0.2) is 12.1 Å². The SMILES string of the molecule is COC1CC2NC(c3cc(C)c(OC4COC4)c(C)c3)NC(=O)C2C(OC)C1. The first kappa shape index (κ1) is 19.6. The molecule has 2 heterocycles. The fourth-order valence-corrected chi connectivity index (χ4v) is 4.61. The van der Waals surface area contributed by atoms with Crippen molar-refractivity contribution in [2.24, 2.45) is 5.92 Å². The molecule has 3 aliphatic rings. The highest BCUT2D eigenvalue weighted by molar-refractivity contribution is 5.81. The number of nitrogens with one attached hydrogen (secondary N) is 2. The Morgan fingerprint density at radius 2 is 1.75 bits per heavy atom. The van der Waals surface area contributed by atoms with E-state index in [1.165, 1.54) is 0 Å². The highest BCUT2D eigenvalue weighted by Gasteiger charge is 2.46. The standard InChI is InChI=1S/C21H30N2O5/c1-11-5-13(6-12(2)19(11)28-15-9-27-10-15)20-22-16-7-14(25-3)8-17(26-4)18(16)21(24)23-20/h5-6,14-18,20,22H,7-10H2,1-4H3,(H,23,24). The van der Waals surface area contributed by atoms with Gasteiger partial charge >= 0.3 is 0 Å². The molecule has 2 aliphatic heterocycles. The van der Waals surface area contributed by atoms with Crippen LogP contribution in [0.25, 0.3) is 0 Å². The molecular formula is C21H30N2O5. The number of amides is 1. The van der Waals surface area contributed by atoms with Gasteiger partial charge in [-0.3, -0.25) is 10.1 Å². The maximum atomic E-state index is 12.9. The van der Waals surface area contributed by atoms with Crippen LogP contribution < -0.4 is 15.4 Å². The van der Waals surface area contributed by atoms with Gasteiger partial charge in [-0.15, -0.1) is 0 Å². The maximum absolute atomic E-state index is 12.9. The first-order chi connectivity index (χ1) is 13.5. The Morgan fingerprint density at radius 1 is 1.04 bits per heavy atom. The minimum atomic E-state index is -0.236. The quantitative estimate of drug-likeness (QED) is 0.795. The van der Waals surface area contributed by atoms with E-state index < -0.39 is 0 Å². The number of rotatable bonds is 5. The lowest BCUT2D eigenvalue weighted by Crippen LogP contribution is -2.63. The third kappa shape index (κ3) is 3.64. The van der Waals surface area contributed by atoms with Crippen molar-refractivity contribution < 1.29 is 23.7 Å². The van der Waals surface area contributed by atoms with Crippen molar-refractivity contribution in [1.82, 2.24) is 10.6 Å². The Morgan fingerprint density at radius 3 is 2.32 bits per heavy atom. The number of carbonyl (C=O) groups excluding carboxylic acids is 1. The van der Waals surface area contributed by atoms with E-state index in [-0.39, 0.29) is 42.3 Å². The van der Waals surface area contributed by atoms with Gasteiger partial charge in [0.15, 0.2) is 0 Å². The van der Waals surface area contributed by atoms with Gasteiger partial charge in [-0.2, -0.15) is 0 Å². The molecule has 1 saturated carbocycles. The van der Waals surface area contributed by atoms with Crippen molar-refractivity contribution in [2.75, 3.05) is 27.4 Å². The Balaban J connectivity index is 1.54. The van der Waals surface area contributed by atoms with Crippen LogP contribution in [0, 0.1) is 19.8 Å². The molecule has 7 nitrogen and oxygen atoms in total. The predicted molar refractivity (Wildman–Crippen MR) is 103 cm³/mol. The monoisotopic (exact) mass is 390 g/mol. The van der Waals surface area contributed by atoms with Gasteiger partial charge in [0.1, 0.15) is 18.0 Å². The fraction of sp³-hybridized carbons (Fsp3) is 0.667. The lowest BCUT2D eigenvalue weighted by Gasteiger charge is -2.45. The zero-order valence-corrected chi connectivity index (χ0v) is 17.0. The molecule has 0 bridgehead atoms. The van der Waals surface area contributed by atoms with Crippen molar-refractivity contribution in [3.8, 4) is 5.75 Å². The topological polar surface area (TPSA) is 78.0 Å². The van der Waals surface area contributed by atoms with E-state index in [9.17, 15) is 4.79 Å². The Labute approximate surface area is 166 Å². The van der Waals surface area contributed by atoms with E-state index in [1.54, 1.807) is 14.2 Å². The molecule has 0 aromatic heterocycles. The van der Waals surface area contributed by atoms with Gasteiger partial charge < -0.3 is 24.3 Å². The third-order valence-corrected chi connectivity index (χ3v) is 6.16. The summed E-state index contributed by atoms with van der Waals surface area (Å²) < 4.78 is 22.4. The second-order valence-corrected chi connectivity index (χ2v) is 8.10. The van der Waals surface area contributed by atoms with E-state index in [2.05, 4.69) is 22.8 Å². The molecular weight excluding hydrogens is 360 g/mol. The number of ether oxygens (including phenoxy) is 4. The molecule has 0 radical (unpaired) electrons. The molecule has 154 valence electrons. The number of carbonyl (C=O) groups is 1. The van der Waals surface area contributed by atoms with Crippen molar-refractivity contribution >= 4 is 5.91 Å². The van der Waals surface area contributed by atoms with Gasteiger partial charge in [-0.1, -0.05) is 0 Å². The Bertz CT molecular complexity index is 713. The van der Waals surface area contributed by atoms with E-state index in [4.69, 9.17) is 18.9 Å². The summed E-state index contributed by atoms with van der Waals surface area (Å²) in [4.78, 5) is 12.9. The molecule has 2 saturated heterocycles. The van der Waals surface area contributed by atoms with Crippen molar-refractivity contribution in [3.05, 3.63) is 28.8 Å². The summed E-state index contributed by atoms with van der Waals surface area (Å²) in [6.07, 6.45) is 1.39. The smallest absolute Gasteiger partial charge is 0.228 e. The van der Waals surface area contributed by atoms with Gasteiger partial charge in [0, 0.05) is 26.7 Å². The molecule has 5 atom stereocenters. The molecule has 7 heteroatoms. The largest absolute Gasteiger partial charge is 0.485 e. The highest BCUT2D eigenvalue weighted by Crippen LogP contribution is 2.35. The van der Waals surface area contributed by atoms with E-state index in [0.717, 1.165) is 35.3 Å². The number of fused-ring (bicyclic) bond motifs is 1. The van der Waals surface area contributed by atoms with Crippen LogP contribution >= 0.6 is 0 Å². The summed E-state index contributed by atoms with van der Waals surface area (Å²) in [5, 5.41) is 6.75. The molecule has 4 rings (SSSR count). The lowest BCUT2D eigenvalue weighted by molar-refractivity contribution is -0.142. The van der Waals surface area contributed by atoms with E-state index >= 15 is 0 Å². The van der Waals surface area contributed by atoms with Crippen molar-refractivity contribution in [2.45, 2.75) is 57.2 Å². The second kappa shape index (κ2) is 7.99. The fourth-order valence-electron chi connectivity index (χ4n) is 4.61. The lowest BCUT2D eigenvalue weighted by atomic mass is 9.78. The average Bonchev–Trinajstić information content (AvgIpc) is 2.64. The predicted octanol–water partition coefficient (Wildman–Crippen LogP) is 1.61. The summed E-state index contributed by atoms with van der Waals surface area (Å²) in [7, 11) is 3.38. The van der Waals surface area contributed by atoms with Crippen LogP contribution in [-0.2, 0) is 19.0 Å². The molecule has 1 aromatic rings. The number of aryl methyl sites for hydroxylation is 2. The van der Waals surface area contributed by atoms with Gasteiger partial charge in [0.05, 0.1) is 31.3 Å². The van der Waals surface area contributed by atoms with Crippen LogP contribution in [0.1, 0.15) is 35.7 Å². The van der Waals surface area contributed by atoms with Crippen LogP contribution in [0.3, 0.4) is 0 Å². The normalized spacial score (nSPS) is 33.0. The summed E-state index contributed by atoms with van der Waals surface area (Å²) in [5.41, 5.74) is 3.16. The number of hydrogen-bond acceptors (Lipinski definition) is 6. The first-order valence-electron chi connectivity index (χ1n) is 9.97. The number of hydrogen-bond donors (Lipinski definition) is 2. The minimum Gasteiger partial charge on any atom is -0.485 e. The molecule has 1 aliphatic carbocycles. The molecule has 3 fully saturated rings. The van der Waals surface area contributed by atoms with Gasteiger partial charge in [-0.05, 0) is 49.1 Å². The zero-order valence-electron chi connectivity index (χ0n) is 17.0. The summed E-state index contributed by atoms with van der Waals surface area (Å²) in [5.74, 6) is 0.752. The van der Waals surface area contributed by atoms with Crippen molar-refractivity contribution in [1.29, 1.82) is 0 Å². The summed E-state index contributed by atoms with van der Waals surface area (Å²) >= 11 is 0. The van der Waals surface area contributed by atoms with E-state index in [0.29, 0.717) is 13.2 Å². The summed E-state index contributed by atoms with van der Waals surface area (Å²) in [6.45, 7) is 5.37. The van der Waals surface area contributed by atoms with Gasteiger partial charge in [-0.25, -0.2) is 0 Å². The summed E-state index contributed by atoms with van der Waals surface area (Å²) in [6, 6.07) is 4.20. The molecule has 1 aromatic carbocycles. The maximum Gasteiger partial charge on any atom is 0.228 e. The highest BCUT2D eigenvalue weighted by atomic mass is 16.6. The van der Waals surface area contributed by atoms with Crippen LogP contribution in [0.2, 0.25) is 0 Å². The molecule has 1 amide bonds. The Kier molecular flexibility index (Phi) is 5.60. The molecule has 28 heavy (non-hydrogen) atoms. The van der Waals surface area contributed by atoms with Crippen molar-refractivity contribution in [3.63, 3.8) is 0 Å². The first-order valence-corrected chi connectivity index (χ1v) is 9.97. The van der Waals surface area contributed by atoms with Gasteiger partial charge in [0.2, 0.25) is 5.91 Å². The van der Waals surface area contributed by atoms with Crippen LogP contribution in [0.5, 0.6) is 5.75 Å². The van der Waals surface area contributed by atoms with Crippen LogP contribution in [-0.4, -0.2) is 57.7 Å². The minimum absolute atomic E-state index is 0.0195. The zero-order chi connectivity index (χ0) is 19.8. The average molecular weight is 390 g/mol. The number of benzene rings is 1. The molecule has 0 spiro atoms. The number of methoxy groups -OCH3 is 2.